The summed E-state index contributed by atoms with van der Waals surface area (Å²) in [6, 6.07) is 3.62. The third kappa shape index (κ3) is 4.47. The van der Waals surface area contributed by atoms with E-state index in [-0.39, 0.29) is 5.91 Å². The molecule has 1 N–H and O–H groups in total. The Morgan fingerprint density at radius 2 is 2.25 bits per heavy atom. The minimum Gasteiger partial charge on any atom is -0.379 e. The Bertz CT molecular complexity index is 642. The Balaban J connectivity index is 1.52. The minimum absolute atomic E-state index is 0.234. The molecule has 9 heteroatoms. The third-order valence-electron chi connectivity index (χ3n) is 3.84. The molecule has 0 aromatic carbocycles. The van der Waals surface area contributed by atoms with E-state index in [1.54, 1.807) is 17.8 Å². The zero-order chi connectivity index (χ0) is 16.8. The number of amides is 1. The van der Waals surface area contributed by atoms with Crippen molar-refractivity contribution in [3.63, 3.8) is 0 Å². The molecule has 3 heterocycles. The summed E-state index contributed by atoms with van der Waals surface area (Å²) in [7, 11) is 2.00. The van der Waals surface area contributed by atoms with Gasteiger partial charge in [-0.3, -0.25) is 15.0 Å². The fourth-order valence-corrected chi connectivity index (χ4v) is 2.81. The number of pyridine rings is 1. The highest BCUT2D eigenvalue weighted by Gasteiger charge is 2.13. The van der Waals surface area contributed by atoms with E-state index in [2.05, 4.69) is 30.3 Å². The van der Waals surface area contributed by atoms with Crippen molar-refractivity contribution in [1.82, 2.24) is 20.1 Å². The zero-order valence-corrected chi connectivity index (χ0v) is 14.3. The van der Waals surface area contributed by atoms with Crippen LogP contribution in [0, 0.1) is 0 Å². The van der Waals surface area contributed by atoms with E-state index in [9.17, 15) is 4.79 Å². The number of aromatic nitrogens is 3. The molecule has 0 spiro atoms. The molecule has 1 amide bonds. The van der Waals surface area contributed by atoms with Crippen molar-refractivity contribution in [2.24, 2.45) is 0 Å². The monoisotopic (exact) mass is 348 g/mol. The molecule has 3 rings (SSSR count). The normalized spacial score (nSPS) is 15.2. The fourth-order valence-electron chi connectivity index (χ4n) is 2.37. The van der Waals surface area contributed by atoms with Crippen molar-refractivity contribution < 1.29 is 9.53 Å². The van der Waals surface area contributed by atoms with Gasteiger partial charge in [-0.15, -0.1) is 10.2 Å². The van der Waals surface area contributed by atoms with Crippen LogP contribution in [-0.2, 0) is 4.74 Å². The summed E-state index contributed by atoms with van der Waals surface area (Å²) in [5.74, 6) is 0.609. The lowest BCUT2D eigenvalue weighted by atomic mass is 10.2. The summed E-state index contributed by atoms with van der Waals surface area (Å²) < 4.78 is 5.35. The maximum absolute atomic E-state index is 12.1. The van der Waals surface area contributed by atoms with Crippen molar-refractivity contribution in [2.75, 3.05) is 56.7 Å². The van der Waals surface area contributed by atoms with Gasteiger partial charge >= 0.3 is 0 Å². The van der Waals surface area contributed by atoms with Crippen LogP contribution >= 0.6 is 11.3 Å². The number of nitrogens with one attached hydrogen (secondary N) is 1. The molecule has 0 bridgehead atoms. The van der Waals surface area contributed by atoms with Gasteiger partial charge in [0.05, 0.1) is 18.8 Å². The summed E-state index contributed by atoms with van der Waals surface area (Å²) in [6.07, 6.45) is 1.58. The average molecular weight is 348 g/mol. The van der Waals surface area contributed by atoms with Gasteiger partial charge in [0.2, 0.25) is 5.13 Å². The predicted octanol–water partition coefficient (Wildman–Crippen LogP) is 0.954. The number of morpholine rings is 1. The van der Waals surface area contributed by atoms with E-state index in [0.29, 0.717) is 10.7 Å². The number of hydrogen-bond acceptors (Lipinski definition) is 8. The van der Waals surface area contributed by atoms with Crippen LogP contribution in [0.2, 0.25) is 0 Å². The van der Waals surface area contributed by atoms with E-state index in [1.807, 2.05) is 13.1 Å². The lowest BCUT2D eigenvalue weighted by Crippen LogP contribution is -2.40. The molecule has 0 aliphatic carbocycles. The quantitative estimate of drug-likeness (QED) is 0.832. The number of ether oxygens (including phenoxy) is 1. The van der Waals surface area contributed by atoms with Crippen LogP contribution in [0.1, 0.15) is 10.4 Å². The molecule has 1 fully saturated rings. The van der Waals surface area contributed by atoms with E-state index >= 15 is 0 Å². The Kier molecular flexibility index (Phi) is 5.68. The van der Waals surface area contributed by atoms with Crippen molar-refractivity contribution in [3.05, 3.63) is 29.4 Å². The number of nitrogens with zero attached hydrogens (tertiary/aromatic N) is 5. The molecule has 8 nitrogen and oxygen atoms in total. The molecular weight excluding hydrogens is 328 g/mol. The van der Waals surface area contributed by atoms with Crippen LogP contribution in [0.25, 0.3) is 0 Å². The Labute approximate surface area is 144 Å². The second kappa shape index (κ2) is 8.13. The van der Waals surface area contributed by atoms with Gasteiger partial charge in [-0.2, -0.15) is 0 Å². The molecule has 2 aromatic heterocycles. The first-order chi connectivity index (χ1) is 11.7. The molecular formula is C15H20N6O2S. The van der Waals surface area contributed by atoms with E-state index < -0.39 is 0 Å². The molecule has 1 aliphatic rings. The van der Waals surface area contributed by atoms with Crippen LogP contribution in [0.15, 0.2) is 23.8 Å². The van der Waals surface area contributed by atoms with Crippen LogP contribution < -0.4 is 10.2 Å². The van der Waals surface area contributed by atoms with E-state index in [0.717, 1.165) is 45.2 Å². The van der Waals surface area contributed by atoms with Crippen LogP contribution in [0.5, 0.6) is 0 Å². The molecule has 0 radical (unpaired) electrons. The number of carbonyl (C=O) groups excluding carboxylic acids is 1. The van der Waals surface area contributed by atoms with Crippen LogP contribution in [0.4, 0.5) is 10.9 Å². The first-order valence-corrected chi connectivity index (χ1v) is 8.65. The second-order valence-electron chi connectivity index (χ2n) is 5.48. The third-order valence-corrected chi connectivity index (χ3v) is 4.44. The van der Waals surface area contributed by atoms with Crippen molar-refractivity contribution in [2.45, 2.75) is 0 Å². The summed E-state index contributed by atoms with van der Waals surface area (Å²) in [4.78, 5) is 20.9. The summed E-state index contributed by atoms with van der Waals surface area (Å²) in [5, 5.41) is 10.6. The SMILES string of the molecule is CN(CCN1CCOCC1)c1ccc(C(=O)Nc2nncs2)cn1. The smallest absolute Gasteiger partial charge is 0.259 e. The molecule has 24 heavy (non-hydrogen) atoms. The number of hydrogen-bond donors (Lipinski definition) is 1. The molecule has 0 atom stereocenters. The number of likely N-dealkylation sites (N-methyl/N-ethyl adjacent to an activating group) is 1. The standard InChI is InChI=1S/C15H20N6O2S/c1-20(4-5-21-6-8-23-9-7-21)13-3-2-12(10-16-13)14(22)18-15-19-17-11-24-15/h2-3,10-11H,4-9H2,1H3,(H,18,19,22). The summed E-state index contributed by atoms with van der Waals surface area (Å²) in [6.45, 7) is 5.42. The van der Waals surface area contributed by atoms with Crippen LogP contribution in [-0.4, -0.2) is 72.4 Å². The highest BCUT2D eigenvalue weighted by Crippen LogP contribution is 2.13. The van der Waals surface area contributed by atoms with Crippen LogP contribution in [0.3, 0.4) is 0 Å². The maximum atomic E-state index is 12.1. The van der Waals surface area contributed by atoms with Gasteiger partial charge in [0.1, 0.15) is 11.3 Å². The summed E-state index contributed by atoms with van der Waals surface area (Å²) in [5.41, 5.74) is 2.07. The average Bonchev–Trinajstić information content (AvgIpc) is 3.13. The van der Waals surface area contributed by atoms with Gasteiger partial charge in [-0.1, -0.05) is 11.3 Å². The zero-order valence-electron chi connectivity index (χ0n) is 13.5. The molecule has 1 aliphatic heterocycles. The Morgan fingerprint density at radius 1 is 1.42 bits per heavy atom. The minimum atomic E-state index is -0.234. The highest BCUT2D eigenvalue weighted by molar-refractivity contribution is 7.13. The second-order valence-corrected chi connectivity index (χ2v) is 6.31. The Morgan fingerprint density at radius 3 is 2.92 bits per heavy atom. The van der Waals surface area contributed by atoms with Gasteiger partial charge in [0.25, 0.3) is 5.91 Å². The van der Waals surface area contributed by atoms with E-state index in [4.69, 9.17) is 4.74 Å². The highest BCUT2D eigenvalue weighted by atomic mass is 32.1. The predicted molar refractivity (Wildman–Crippen MR) is 92.6 cm³/mol. The topological polar surface area (TPSA) is 83.5 Å². The fraction of sp³-hybridized carbons (Fsp3) is 0.467. The van der Waals surface area contributed by atoms with Gasteiger partial charge in [-0.25, -0.2) is 4.98 Å². The Hall–Kier alpha value is -2.10. The molecule has 2 aromatic rings. The maximum Gasteiger partial charge on any atom is 0.259 e. The molecule has 0 unspecified atom stereocenters. The molecule has 1 saturated heterocycles. The van der Waals surface area contributed by atoms with Gasteiger partial charge in [-0.05, 0) is 12.1 Å². The lowest BCUT2D eigenvalue weighted by molar-refractivity contribution is 0.0393. The van der Waals surface area contributed by atoms with Gasteiger partial charge < -0.3 is 9.64 Å². The number of rotatable bonds is 6. The summed E-state index contributed by atoms with van der Waals surface area (Å²) >= 11 is 1.28. The van der Waals surface area contributed by atoms with Crippen molar-refractivity contribution in [3.8, 4) is 0 Å². The van der Waals surface area contributed by atoms with E-state index in [1.165, 1.54) is 11.3 Å². The number of carbonyl (C=O) groups is 1. The molecule has 0 saturated carbocycles. The lowest BCUT2D eigenvalue weighted by Gasteiger charge is -2.28. The first kappa shape index (κ1) is 16.7. The first-order valence-electron chi connectivity index (χ1n) is 7.77. The van der Waals surface area contributed by atoms with Crippen molar-refractivity contribution in [1.29, 1.82) is 0 Å². The van der Waals surface area contributed by atoms with Crippen molar-refractivity contribution >= 4 is 28.2 Å². The number of anilines is 2. The van der Waals surface area contributed by atoms with Gasteiger partial charge in [0.15, 0.2) is 0 Å². The largest absolute Gasteiger partial charge is 0.379 e. The van der Waals surface area contributed by atoms with Gasteiger partial charge in [0, 0.05) is 39.4 Å². The molecule has 128 valence electrons.